The van der Waals surface area contributed by atoms with Crippen LogP contribution in [0.25, 0.3) is 0 Å². The standard InChI is InChI=1S/C23H30N2O4S/c1-16-6-9-20(10-7-16)30(27,28)14-4-5-22(24)23(26)25-13-12-18-15-19(29-3)8-11-21(18)17(25)2/h6-11,15,17,22H,4-5,12-14,24H2,1-3H3. The molecule has 3 rings (SSSR count). The Labute approximate surface area is 178 Å². The van der Waals surface area contributed by atoms with Crippen LogP contribution in [0.15, 0.2) is 47.4 Å². The summed E-state index contributed by atoms with van der Waals surface area (Å²) in [4.78, 5) is 15.0. The van der Waals surface area contributed by atoms with Crippen LogP contribution in [0, 0.1) is 6.92 Å². The summed E-state index contributed by atoms with van der Waals surface area (Å²) >= 11 is 0. The van der Waals surface area contributed by atoms with Crippen LogP contribution in [0.5, 0.6) is 5.75 Å². The molecule has 0 aliphatic carbocycles. The van der Waals surface area contributed by atoms with Gasteiger partial charge in [0.2, 0.25) is 5.91 Å². The number of methoxy groups -OCH3 is 1. The summed E-state index contributed by atoms with van der Waals surface area (Å²) in [5, 5.41) is 0. The zero-order valence-corrected chi connectivity index (χ0v) is 18.6. The summed E-state index contributed by atoms with van der Waals surface area (Å²) in [6, 6.07) is 12.0. The van der Waals surface area contributed by atoms with E-state index < -0.39 is 15.9 Å². The van der Waals surface area contributed by atoms with Crippen molar-refractivity contribution in [3.63, 3.8) is 0 Å². The van der Waals surface area contributed by atoms with Crippen molar-refractivity contribution in [2.45, 2.75) is 50.1 Å². The molecule has 2 aromatic carbocycles. The van der Waals surface area contributed by atoms with Gasteiger partial charge in [-0.2, -0.15) is 0 Å². The topological polar surface area (TPSA) is 89.7 Å². The summed E-state index contributed by atoms with van der Waals surface area (Å²) in [5.74, 6) is 0.666. The van der Waals surface area contributed by atoms with Crippen molar-refractivity contribution in [3.8, 4) is 5.75 Å². The normalized spacial score (nSPS) is 17.3. The zero-order chi connectivity index (χ0) is 21.9. The maximum atomic E-state index is 12.9. The Balaban J connectivity index is 1.58. The number of ether oxygens (including phenoxy) is 1. The Morgan fingerprint density at radius 3 is 2.60 bits per heavy atom. The molecule has 0 saturated carbocycles. The van der Waals surface area contributed by atoms with Crippen molar-refractivity contribution in [3.05, 3.63) is 59.2 Å². The van der Waals surface area contributed by atoms with Gasteiger partial charge in [0, 0.05) is 6.54 Å². The van der Waals surface area contributed by atoms with Crippen LogP contribution in [0.3, 0.4) is 0 Å². The minimum Gasteiger partial charge on any atom is -0.497 e. The lowest BCUT2D eigenvalue weighted by atomic mass is 9.92. The van der Waals surface area contributed by atoms with Gasteiger partial charge in [-0.25, -0.2) is 8.42 Å². The number of aryl methyl sites for hydroxylation is 1. The molecule has 30 heavy (non-hydrogen) atoms. The number of benzene rings is 2. The molecule has 0 radical (unpaired) electrons. The second kappa shape index (κ2) is 9.18. The molecule has 0 saturated heterocycles. The van der Waals surface area contributed by atoms with E-state index in [1.165, 1.54) is 5.56 Å². The lowest BCUT2D eigenvalue weighted by Gasteiger charge is -2.37. The van der Waals surface area contributed by atoms with E-state index in [2.05, 4.69) is 0 Å². The minimum atomic E-state index is -3.37. The van der Waals surface area contributed by atoms with Gasteiger partial charge in [-0.15, -0.1) is 0 Å². The number of fused-ring (bicyclic) bond motifs is 1. The van der Waals surface area contributed by atoms with Crippen LogP contribution in [0.4, 0.5) is 0 Å². The summed E-state index contributed by atoms with van der Waals surface area (Å²) in [6.45, 7) is 4.50. The molecule has 2 N–H and O–H groups in total. The molecule has 1 amide bonds. The lowest BCUT2D eigenvalue weighted by Crippen LogP contribution is -2.47. The largest absolute Gasteiger partial charge is 0.497 e. The minimum absolute atomic E-state index is 0.0186. The number of hydrogen-bond donors (Lipinski definition) is 1. The van der Waals surface area contributed by atoms with E-state index in [-0.39, 0.29) is 17.7 Å². The Kier molecular flexibility index (Phi) is 6.83. The third-order valence-electron chi connectivity index (χ3n) is 5.80. The molecule has 0 spiro atoms. The molecular formula is C23H30N2O4S. The highest BCUT2D eigenvalue weighted by Gasteiger charge is 2.30. The molecule has 6 nitrogen and oxygen atoms in total. The van der Waals surface area contributed by atoms with Gasteiger partial charge in [-0.1, -0.05) is 23.8 Å². The fourth-order valence-electron chi connectivity index (χ4n) is 3.93. The second-order valence-electron chi connectivity index (χ2n) is 7.90. The number of hydrogen-bond acceptors (Lipinski definition) is 5. The Hall–Kier alpha value is -2.38. The van der Waals surface area contributed by atoms with Gasteiger partial charge >= 0.3 is 0 Å². The molecule has 0 fully saturated rings. The van der Waals surface area contributed by atoms with Crippen molar-refractivity contribution in [1.82, 2.24) is 4.90 Å². The summed E-state index contributed by atoms with van der Waals surface area (Å²) in [7, 11) is -1.73. The quantitative estimate of drug-likeness (QED) is 0.729. The first-order chi connectivity index (χ1) is 14.2. The number of carbonyl (C=O) groups is 1. The number of carbonyl (C=O) groups excluding carboxylic acids is 1. The van der Waals surface area contributed by atoms with Crippen LogP contribution in [0.2, 0.25) is 0 Å². The molecule has 162 valence electrons. The first-order valence-electron chi connectivity index (χ1n) is 10.2. The van der Waals surface area contributed by atoms with Crippen LogP contribution in [-0.2, 0) is 21.1 Å². The second-order valence-corrected chi connectivity index (χ2v) is 10.0. The highest BCUT2D eigenvalue weighted by atomic mass is 32.2. The average Bonchev–Trinajstić information content (AvgIpc) is 2.73. The maximum absolute atomic E-state index is 12.9. The third-order valence-corrected chi connectivity index (χ3v) is 7.61. The maximum Gasteiger partial charge on any atom is 0.239 e. The first kappa shape index (κ1) is 22.3. The highest BCUT2D eigenvalue weighted by molar-refractivity contribution is 7.91. The molecule has 1 heterocycles. The molecule has 0 aromatic heterocycles. The average molecular weight is 431 g/mol. The van der Waals surface area contributed by atoms with E-state index in [0.717, 1.165) is 23.3 Å². The third kappa shape index (κ3) is 4.84. The SMILES string of the molecule is COc1ccc2c(c1)CCN(C(=O)C(N)CCCS(=O)(=O)c1ccc(C)cc1)C2C. The zero-order valence-electron chi connectivity index (χ0n) is 17.8. The molecule has 0 bridgehead atoms. The number of nitrogens with two attached hydrogens (primary N) is 1. The smallest absolute Gasteiger partial charge is 0.239 e. The Bertz CT molecular complexity index is 1000. The number of amides is 1. The monoisotopic (exact) mass is 430 g/mol. The van der Waals surface area contributed by atoms with Gasteiger partial charge in [-0.05, 0) is 68.5 Å². The molecule has 1 aliphatic heterocycles. The van der Waals surface area contributed by atoms with Gasteiger partial charge in [0.05, 0.1) is 29.8 Å². The Morgan fingerprint density at radius 1 is 1.23 bits per heavy atom. The van der Waals surface area contributed by atoms with Gasteiger partial charge < -0.3 is 15.4 Å². The van der Waals surface area contributed by atoms with E-state index in [1.807, 2.05) is 32.0 Å². The van der Waals surface area contributed by atoms with Crippen LogP contribution < -0.4 is 10.5 Å². The predicted molar refractivity (Wildman–Crippen MR) is 117 cm³/mol. The van der Waals surface area contributed by atoms with E-state index in [9.17, 15) is 13.2 Å². The number of sulfone groups is 1. The van der Waals surface area contributed by atoms with E-state index in [1.54, 1.807) is 36.3 Å². The predicted octanol–water partition coefficient (Wildman–Crippen LogP) is 3.03. The lowest BCUT2D eigenvalue weighted by molar-refractivity contribution is -0.135. The van der Waals surface area contributed by atoms with Crippen LogP contribution in [0.1, 0.15) is 42.5 Å². The first-order valence-corrected chi connectivity index (χ1v) is 11.9. The van der Waals surface area contributed by atoms with Crippen molar-refractivity contribution in [2.75, 3.05) is 19.4 Å². The molecule has 1 aliphatic rings. The van der Waals surface area contributed by atoms with E-state index >= 15 is 0 Å². The van der Waals surface area contributed by atoms with Gasteiger partial charge in [0.1, 0.15) is 5.75 Å². The molecule has 2 atom stereocenters. The summed E-state index contributed by atoms with van der Waals surface area (Å²) in [5.41, 5.74) is 9.45. The van der Waals surface area contributed by atoms with E-state index in [0.29, 0.717) is 24.3 Å². The summed E-state index contributed by atoms with van der Waals surface area (Å²) in [6.07, 6.45) is 1.43. The molecular weight excluding hydrogens is 400 g/mol. The summed E-state index contributed by atoms with van der Waals surface area (Å²) < 4.78 is 30.3. The fourth-order valence-corrected chi connectivity index (χ4v) is 5.26. The van der Waals surface area contributed by atoms with E-state index in [4.69, 9.17) is 10.5 Å². The number of nitrogens with zero attached hydrogens (tertiary/aromatic N) is 1. The highest BCUT2D eigenvalue weighted by Crippen LogP contribution is 2.32. The number of rotatable bonds is 7. The van der Waals surface area contributed by atoms with Gasteiger partial charge in [0.25, 0.3) is 0 Å². The van der Waals surface area contributed by atoms with Crippen molar-refractivity contribution >= 4 is 15.7 Å². The molecule has 2 aromatic rings. The molecule has 7 heteroatoms. The van der Waals surface area contributed by atoms with Crippen molar-refractivity contribution in [2.24, 2.45) is 5.73 Å². The Morgan fingerprint density at radius 2 is 1.93 bits per heavy atom. The van der Waals surface area contributed by atoms with Crippen molar-refractivity contribution in [1.29, 1.82) is 0 Å². The fraction of sp³-hybridized carbons (Fsp3) is 0.435. The van der Waals surface area contributed by atoms with Crippen molar-refractivity contribution < 1.29 is 17.9 Å². The van der Waals surface area contributed by atoms with Crippen LogP contribution in [-0.4, -0.2) is 44.7 Å². The van der Waals surface area contributed by atoms with Gasteiger partial charge in [-0.3, -0.25) is 4.79 Å². The molecule has 2 unspecified atom stereocenters. The van der Waals surface area contributed by atoms with Crippen LogP contribution >= 0.6 is 0 Å². The van der Waals surface area contributed by atoms with Gasteiger partial charge in [0.15, 0.2) is 9.84 Å².